The Labute approximate surface area is 123 Å². The molecule has 1 aliphatic rings. The minimum absolute atomic E-state index is 0.180. The number of benzene rings is 1. The first-order chi connectivity index (χ1) is 9.81. The van der Waals surface area contributed by atoms with E-state index < -0.39 is 0 Å². The number of aromatic nitrogens is 2. The molecular formula is C15H16ClN3O. The number of ether oxygens (including phenoxy) is 1. The quantitative estimate of drug-likeness (QED) is 0.814. The predicted octanol–water partition coefficient (Wildman–Crippen LogP) is 3.18. The van der Waals surface area contributed by atoms with Crippen molar-refractivity contribution >= 4 is 17.4 Å². The molecule has 20 heavy (non-hydrogen) atoms. The van der Waals surface area contributed by atoms with Crippen molar-refractivity contribution in [2.75, 3.05) is 18.0 Å². The lowest BCUT2D eigenvalue weighted by atomic mass is 10.1. The topological polar surface area (TPSA) is 38.2 Å². The number of halogens is 1. The van der Waals surface area contributed by atoms with E-state index in [4.69, 9.17) is 16.3 Å². The first-order valence-corrected chi connectivity index (χ1v) is 7.13. The Morgan fingerprint density at radius 2 is 2.05 bits per heavy atom. The molecule has 104 valence electrons. The molecule has 4 nitrogen and oxygen atoms in total. The summed E-state index contributed by atoms with van der Waals surface area (Å²) >= 11 is 5.92. The maximum absolute atomic E-state index is 6.02. The molecule has 1 atom stereocenters. The summed E-state index contributed by atoms with van der Waals surface area (Å²) in [5.74, 6) is 1.78. The molecule has 0 bridgehead atoms. The van der Waals surface area contributed by atoms with Crippen LogP contribution in [-0.4, -0.2) is 29.2 Å². The van der Waals surface area contributed by atoms with Crippen molar-refractivity contribution in [2.24, 2.45) is 0 Å². The summed E-state index contributed by atoms with van der Waals surface area (Å²) in [5, 5.41) is 0.473. The zero-order chi connectivity index (χ0) is 13.8. The maximum atomic E-state index is 6.02. The summed E-state index contributed by atoms with van der Waals surface area (Å²) in [5.41, 5.74) is 0. The Morgan fingerprint density at radius 1 is 1.20 bits per heavy atom. The van der Waals surface area contributed by atoms with E-state index in [-0.39, 0.29) is 6.10 Å². The van der Waals surface area contributed by atoms with Crippen molar-refractivity contribution in [1.29, 1.82) is 0 Å². The molecule has 0 radical (unpaired) electrons. The summed E-state index contributed by atoms with van der Waals surface area (Å²) in [6.45, 7) is 1.80. The van der Waals surface area contributed by atoms with Gasteiger partial charge in [0, 0.05) is 12.6 Å². The second-order valence-corrected chi connectivity index (χ2v) is 5.23. The van der Waals surface area contributed by atoms with Gasteiger partial charge in [-0.1, -0.05) is 29.8 Å². The molecule has 1 aromatic carbocycles. The summed E-state index contributed by atoms with van der Waals surface area (Å²) in [7, 11) is 0. The van der Waals surface area contributed by atoms with Gasteiger partial charge < -0.3 is 9.64 Å². The first kappa shape index (κ1) is 13.2. The monoisotopic (exact) mass is 289 g/mol. The number of piperidine rings is 1. The molecule has 0 N–H and O–H groups in total. The van der Waals surface area contributed by atoms with Crippen molar-refractivity contribution < 1.29 is 4.74 Å². The second-order valence-electron chi connectivity index (χ2n) is 4.84. The van der Waals surface area contributed by atoms with Crippen LogP contribution in [0.3, 0.4) is 0 Å². The Bertz CT molecular complexity index is 564. The van der Waals surface area contributed by atoms with Gasteiger partial charge in [0.1, 0.15) is 29.2 Å². The molecule has 1 aromatic heterocycles. The summed E-state index contributed by atoms with van der Waals surface area (Å²) in [6.07, 6.45) is 3.82. The number of hydrogen-bond acceptors (Lipinski definition) is 4. The lowest BCUT2D eigenvalue weighted by Crippen LogP contribution is -2.41. The normalized spacial score (nSPS) is 18.9. The predicted molar refractivity (Wildman–Crippen MR) is 79.3 cm³/mol. The summed E-state index contributed by atoms with van der Waals surface area (Å²) < 4.78 is 6.02. The zero-order valence-corrected chi connectivity index (χ0v) is 11.8. The molecule has 1 saturated heterocycles. The van der Waals surface area contributed by atoms with Crippen molar-refractivity contribution in [3.8, 4) is 5.75 Å². The Hall–Kier alpha value is -1.81. The van der Waals surface area contributed by atoms with E-state index in [0.717, 1.165) is 37.5 Å². The van der Waals surface area contributed by atoms with E-state index in [2.05, 4.69) is 14.9 Å². The third-order valence-electron chi connectivity index (χ3n) is 3.37. The van der Waals surface area contributed by atoms with E-state index in [9.17, 15) is 0 Å². The fourth-order valence-corrected chi connectivity index (χ4v) is 2.57. The highest BCUT2D eigenvalue weighted by molar-refractivity contribution is 6.29. The van der Waals surface area contributed by atoms with Crippen LogP contribution in [0.5, 0.6) is 5.75 Å². The van der Waals surface area contributed by atoms with Crippen molar-refractivity contribution in [3.05, 3.63) is 47.9 Å². The third kappa shape index (κ3) is 3.20. The van der Waals surface area contributed by atoms with Crippen molar-refractivity contribution in [1.82, 2.24) is 9.97 Å². The highest BCUT2D eigenvalue weighted by atomic mass is 35.5. The Morgan fingerprint density at radius 3 is 2.85 bits per heavy atom. The molecule has 0 saturated carbocycles. The molecular weight excluding hydrogens is 274 g/mol. The van der Waals surface area contributed by atoms with E-state index in [1.807, 2.05) is 30.3 Å². The van der Waals surface area contributed by atoms with Crippen LogP contribution >= 0.6 is 11.6 Å². The van der Waals surface area contributed by atoms with Gasteiger partial charge in [-0.05, 0) is 25.0 Å². The standard InChI is InChI=1S/C15H16ClN3O/c16-14-9-15(18-11-17-14)19-8-4-7-13(10-19)20-12-5-2-1-3-6-12/h1-3,5-6,9,11,13H,4,7-8,10H2/t13-/m0/s1. The van der Waals surface area contributed by atoms with Crippen LogP contribution in [0.4, 0.5) is 5.82 Å². The second kappa shape index (κ2) is 6.09. The largest absolute Gasteiger partial charge is 0.489 e. The van der Waals surface area contributed by atoms with Gasteiger partial charge in [0.05, 0.1) is 6.54 Å². The SMILES string of the molecule is Clc1cc(N2CCC[C@H](Oc3ccccc3)C2)ncn1. The molecule has 0 aliphatic carbocycles. The number of para-hydroxylation sites is 1. The lowest BCUT2D eigenvalue weighted by molar-refractivity contribution is 0.179. The van der Waals surface area contributed by atoms with Crippen LogP contribution in [0.15, 0.2) is 42.7 Å². The fourth-order valence-electron chi connectivity index (χ4n) is 2.43. The van der Waals surface area contributed by atoms with Gasteiger partial charge in [-0.2, -0.15) is 0 Å². The van der Waals surface area contributed by atoms with Crippen LogP contribution in [0.2, 0.25) is 5.15 Å². The highest BCUT2D eigenvalue weighted by Crippen LogP contribution is 2.22. The van der Waals surface area contributed by atoms with Gasteiger partial charge in [0.15, 0.2) is 0 Å². The number of rotatable bonds is 3. The van der Waals surface area contributed by atoms with Crippen molar-refractivity contribution in [3.63, 3.8) is 0 Å². The smallest absolute Gasteiger partial charge is 0.134 e. The lowest BCUT2D eigenvalue weighted by Gasteiger charge is -2.33. The highest BCUT2D eigenvalue weighted by Gasteiger charge is 2.22. The van der Waals surface area contributed by atoms with Gasteiger partial charge in [-0.15, -0.1) is 0 Å². The summed E-state index contributed by atoms with van der Waals surface area (Å²) in [4.78, 5) is 10.4. The van der Waals surface area contributed by atoms with Crippen molar-refractivity contribution in [2.45, 2.75) is 18.9 Å². The molecule has 0 amide bonds. The van der Waals surface area contributed by atoms with Crippen LogP contribution in [-0.2, 0) is 0 Å². The molecule has 0 spiro atoms. The molecule has 0 unspecified atom stereocenters. The third-order valence-corrected chi connectivity index (χ3v) is 3.57. The number of hydrogen-bond donors (Lipinski definition) is 0. The van der Waals surface area contributed by atoms with Gasteiger partial charge in [-0.25, -0.2) is 9.97 Å². The van der Waals surface area contributed by atoms with Gasteiger partial charge in [-0.3, -0.25) is 0 Å². The zero-order valence-electron chi connectivity index (χ0n) is 11.1. The molecule has 5 heteroatoms. The minimum atomic E-state index is 0.180. The average molecular weight is 290 g/mol. The molecule has 1 fully saturated rings. The van der Waals surface area contributed by atoms with Crippen LogP contribution in [0.25, 0.3) is 0 Å². The number of anilines is 1. The van der Waals surface area contributed by atoms with Crippen LogP contribution in [0.1, 0.15) is 12.8 Å². The average Bonchev–Trinajstić information content (AvgIpc) is 2.49. The molecule has 2 aromatic rings. The first-order valence-electron chi connectivity index (χ1n) is 6.75. The maximum Gasteiger partial charge on any atom is 0.134 e. The minimum Gasteiger partial charge on any atom is -0.489 e. The molecule has 1 aliphatic heterocycles. The van der Waals surface area contributed by atoms with Crippen LogP contribution in [0, 0.1) is 0 Å². The summed E-state index contributed by atoms with van der Waals surface area (Å²) in [6, 6.07) is 11.7. The van der Waals surface area contributed by atoms with E-state index >= 15 is 0 Å². The van der Waals surface area contributed by atoms with Gasteiger partial charge >= 0.3 is 0 Å². The van der Waals surface area contributed by atoms with E-state index in [0.29, 0.717) is 5.15 Å². The fraction of sp³-hybridized carbons (Fsp3) is 0.333. The van der Waals surface area contributed by atoms with Gasteiger partial charge in [0.25, 0.3) is 0 Å². The van der Waals surface area contributed by atoms with Gasteiger partial charge in [0.2, 0.25) is 0 Å². The van der Waals surface area contributed by atoms with E-state index in [1.165, 1.54) is 6.33 Å². The molecule has 3 rings (SSSR count). The van der Waals surface area contributed by atoms with E-state index in [1.54, 1.807) is 6.07 Å². The van der Waals surface area contributed by atoms with Crippen LogP contribution < -0.4 is 9.64 Å². The molecule has 2 heterocycles. The Balaban J connectivity index is 1.67. The Kier molecular flexibility index (Phi) is 4.02. The number of nitrogens with zero attached hydrogens (tertiary/aromatic N) is 3.